The third kappa shape index (κ3) is 5.39. The Labute approximate surface area is 245 Å². The molecule has 7 nitrogen and oxygen atoms in total. The average Bonchev–Trinajstić information content (AvgIpc) is 3.67. The Morgan fingerprint density at radius 3 is 2.56 bits per heavy atom. The van der Waals surface area contributed by atoms with E-state index in [0.29, 0.717) is 30.9 Å². The second kappa shape index (κ2) is 11.7. The first kappa shape index (κ1) is 26.9. The Hall–Kier alpha value is -4.31. The number of methoxy groups -OCH3 is 1. The maximum Gasteiger partial charge on any atom is 0.263 e. The van der Waals surface area contributed by atoms with Crippen molar-refractivity contribution in [2.75, 3.05) is 25.2 Å². The zero-order chi connectivity index (χ0) is 28.3. The van der Waals surface area contributed by atoms with Gasteiger partial charge in [0.1, 0.15) is 17.4 Å². The maximum absolute atomic E-state index is 14.0. The van der Waals surface area contributed by atoms with E-state index in [0.717, 1.165) is 43.2 Å². The topological polar surface area (TPSA) is 73.1 Å². The van der Waals surface area contributed by atoms with Crippen LogP contribution in [-0.4, -0.2) is 34.9 Å². The molecule has 0 saturated carbocycles. The zero-order valence-corrected chi connectivity index (χ0v) is 24.2. The van der Waals surface area contributed by atoms with Gasteiger partial charge >= 0.3 is 0 Å². The Balaban J connectivity index is 1.37. The van der Waals surface area contributed by atoms with Gasteiger partial charge in [-0.1, -0.05) is 42.5 Å². The van der Waals surface area contributed by atoms with Crippen LogP contribution >= 0.6 is 22.9 Å². The van der Waals surface area contributed by atoms with Crippen LogP contribution in [-0.2, 0) is 11.3 Å². The first-order chi connectivity index (χ1) is 20.0. The smallest absolute Gasteiger partial charge is 0.263 e. The zero-order valence-electron chi connectivity index (χ0n) is 22.6. The van der Waals surface area contributed by atoms with E-state index >= 15 is 0 Å². The predicted molar refractivity (Wildman–Crippen MR) is 166 cm³/mol. The fourth-order valence-corrected chi connectivity index (χ4v) is 6.48. The number of aromatic nitrogens is 2. The van der Waals surface area contributed by atoms with Crippen LogP contribution in [0.1, 0.15) is 21.6 Å². The highest BCUT2D eigenvalue weighted by Crippen LogP contribution is 2.32. The molecule has 0 saturated heterocycles. The molecule has 4 heterocycles. The van der Waals surface area contributed by atoms with Crippen LogP contribution in [0.5, 0.6) is 5.75 Å². The highest BCUT2D eigenvalue weighted by Gasteiger charge is 2.24. The third-order valence-electron chi connectivity index (χ3n) is 6.85. The van der Waals surface area contributed by atoms with Gasteiger partial charge in [-0.3, -0.25) is 18.9 Å². The van der Waals surface area contributed by atoms with Gasteiger partial charge in [-0.05, 0) is 71.4 Å². The van der Waals surface area contributed by atoms with Gasteiger partial charge in [0.2, 0.25) is 0 Å². The lowest BCUT2D eigenvalue weighted by Gasteiger charge is -2.21. The van der Waals surface area contributed by atoms with Crippen molar-refractivity contribution in [1.82, 2.24) is 8.77 Å². The summed E-state index contributed by atoms with van der Waals surface area (Å²) in [6, 6.07) is 25.1. The summed E-state index contributed by atoms with van der Waals surface area (Å²) >= 11 is 2.78. The van der Waals surface area contributed by atoms with E-state index in [1.54, 1.807) is 22.6 Å². The number of thiophene rings is 1. The van der Waals surface area contributed by atoms with E-state index in [1.807, 2.05) is 91.2 Å². The third-order valence-corrected chi connectivity index (χ3v) is 8.69. The Morgan fingerprint density at radius 2 is 1.83 bits per heavy atom. The van der Waals surface area contributed by atoms with Crippen LogP contribution in [0.25, 0.3) is 26.7 Å². The van der Waals surface area contributed by atoms with E-state index in [1.165, 1.54) is 22.9 Å². The molecule has 6 aromatic rings. The molecule has 206 valence electrons. The highest BCUT2D eigenvalue weighted by atomic mass is 32.1. The lowest BCUT2D eigenvalue weighted by molar-refractivity contribution is 0.0978. The molecule has 0 aliphatic heterocycles. The summed E-state index contributed by atoms with van der Waals surface area (Å²) in [5.74, 6) is 0.523. The summed E-state index contributed by atoms with van der Waals surface area (Å²) in [6.07, 6.45) is 1.67. The Morgan fingerprint density at radius 1 is 1.02 bits per heavy atom. The molecule has 9 heteroatoms. The van der Waals surface area contributed by atoms with Crippen LogP contribution < -0.4 is 15.2 Å². The lowest BCUT2D eigenvalue weighted by Crippen LogP contribution is -2.34. The molecule has 0 bridgehead atoms. The molecule has 0 atom stereocenters. The maximum atomic E-state index is 14.0. The molecule has 0 radical (unpaired) electrons. The molecule has 1 amide bonds. The molecule has 0 spiro atoms. The van der Waals surface area contributed by atoms with Crippen molar-refractivity contribution in [3.05, 3.63) is 118 Å². The largest absolute Gasteiger partial charge is 0.489 e. The number of ether oxygens (including phenoxy) is 2. The second-order valence-electron chi connectivity index (χ2n) is 9.57. The van der Waals surface area contributed by atoms with E-state index in [2.05, 4.69) is 4.37 Å². The first-order valence-corrected chi connectivity index (χ1v) is 14.8. The number of fused-ring (bicyclic) bond motifs is 3. The molecule has 2 aromatic carbocycles. The number of anilines is 1. The van der Waals surface area contributed by atoms with Gasteiger partial charge in [0, 0.05) is 24.3 Å². The fraction of sp³-hybridized carbons (Fsp3) is 0.156. The van der Waals surface area contributed by atoms with E-state index in [-0.39, 0.29) is 11.5 Å². The van der Waals surface area contributed by atoms with Gasteiger partial charge in [0.25, 0.3) is 11.5 Å². The molecule has 0 fully saturated rings. The quantitative estimate of drug-likeness (QED) is 0.187. The van der Waals surface area contributed by atoms with E-state index in [4.69, 9.17) is 9.47 Å². The fourth-order valence-electron chi connectivity index (χ4n) is 4.76. The van der Waals surface area contributed by atoms with Crippen LogP contribution in [0.15, 0.2) is 95.2 Å². The average molecular weight is 582 g/mol. The molecule has 0 N–H and O–H groups in total. The molecular weight excluding hydrogens is 555 g/mol. The summed E-state index contributed by atoms with van der Waals surface area (Å²) < 4.78 is 18.0. The van der Waals surface area contributed by atoms with Crippen LogP contribution in [0, 0.1) is 6.92 Å². The molecular formula is C32H27N3O4S2. The summed E-state index contributed by atoms with van der Waals surface area (Å²) in [6.45, 7) is 3.11. The number of rotatable bonds is 9. The van der Waals surface area contributed by atoms with Crippen LogP contribution in [0.2, 0.25) is 0 Å². The van der Waals surface area contributed by atoms with Gasteiger partial charge in [0.15, 0.2) is 0 Å². The van der Waals surface area contributed by atoms with Crippen molar-refractivity contribution in [2.24, 2.45) is 0 Å². The summed E-state index contributed by atoms with van der Waals surface area (Å²) in [4.78, 5) is 29.5. The molecule has 4 aromatic heterocycles. The highest BCUT2D eigenvalue weighted by molar-refractivity contribution is 7.18. The van der Waals surface area contributed by atoms with Gasteiger partial charge in [-0.15, -0.1) is 11.3 Å². The van der Waals surface area contributed by atoms with E-state index < -0.39 is 0 Å². The summed E-state index contributed by atoms with van der Waals surface area (Å²) in [7, 11) is 1.61. The summed E-state index contributed by atoms with van der Waals surface area (Å²) in [5, 5.41) is 3.50. The number of benzene rings is 2. The Kier molecular flexibility index (Phi) is 7.65. The molecule has 41 heavy (non-hydrogen) atoms. The number of hydrogen-bond acceptors (Lipinski definition) is 7. The van der Waals surface area contributed by atoms with E-state index in [9.17, 15) is 9.59 Å². The van der Waals surface area contributed by atoms with Crippen molar-refractivity contribution < 1.29 is 14.3 Å². The van der Waals surface area contributed by atoms with Crippen molar-refractivity contribution in [2.45, 2.75) is 13.5 Å². The minimum Gasteiger partial charge on any atom is -0.489 e. The Bertz CT molecular complexity index is 1890. The number of hydrogen-bond donors (Lipinski definition) is 0. The summed E-state index contributed by atoms with van der Waals surface area (Å²) in [5.41, 5.74) is 4.28. The monoisotopic (exact) mass is 581 g/mol. The normalized spacial score (nSPS) is 11.3. The van der Waals surface area contributed by atoms with Gasteiger partial charge in [0.05, 0.1) is 34.6 Å². The van der Waals surface area contributed by atoms with Crippen molar-refractivity contribution >= 4 is 49.4 Å². The van der Waals surface area contributed by atoms with Gasteiger partial charge < -0.3 is 9.47 Å². The number of nitrogens with zero attached hydrogens (tertiary/aromatic N) is 3. The minimum absolute atomic E-state index is 0.193. The molecule has 0 unspecified atom stereocenters. The molecule has 0 aliphatic carbocycles. The number of carbonyl (C=O) groups excluding carboxylic acids is 1. The minimum atomic E-state index is -0.201. The van der Waals surface area contributed by atoms with Crippen molar-refractivity contribution in [3.63, 3.8) is 0 Å². The van der Waals surface area contributed by atoms with Crippen LogP contribution in [0.4, 0.5) is 5.00 Å². The van der Waals surface area contributed by atoms with Crippen molar-refractivity contribution in [1.29, 1.82) is 0 Å². The lowest BCUT2D eigenvalue weighted by atomic mass is 10.1. The molecule has 6 rings (SSSR count). The standard InChI is InChI=1S/C32H27N3O4S2/c1-21-18-29(41-33-21)34(15-16-38-2)32(37)27-19-35-28(30-26(27)14-17-40-30)13-12-25(31(35)36)23-8-10-24(11-9-23)39-20-22-6-4-3-5-7-22/h3-14,17-19H,15-16,20H2,1-2H3. The first-order valence-electron chi connectivity index (χ1n) is 13.1. The number of pyridine rings is 2. The number of carbonyl (C=O) groups is 1. The van der Waals surface area contributed by atoms with Gasteiger partial charge in [-0.25, -0.2) is 0 Å². The predicted octanol–water partition coefficient (Wildman–Crippen LogP) is 6.82. The number of aryl methyl sites for hydroxylation is 1. The second-order valence-corrected chi connectivity index (χ2v) is 11.3. The molecule has 0 aliphatic rings. The van der Waals surface area contributed by atoms with Crippen molar-refractivity contribution in [3.8, 4) is 16.9 Å². The van der Waals surface area contributed by atoms with Gasteiger partial charge in [-0.2, -0.15) is 4.37 Å². The SMILES string of the molecule is COCCN(C(=O)c1cn2c(=O)c(-c3ccc(OCc4ccccc4)cc3)ccc2c2sccc12)c1cc(C)ns1. The van der Waals surface area contributed by atoms with Crippen LogP contribution in [0.3, 0.4) is 0 Å². The number of amides is 1.